The lowest BCUT2D eigenvalue weighted by atomic mass is 9.70. The molecule has 0 bridgehead atoms. The molecule has 2 heteroatoms. The number of hydrogen-bond donors (Lipinski definition) is 0. The van der Waals surface area contributed by atoms with Gasteiger partial charge in [-0.2, -0.15) is 0 Å². The summed E-state index contributed by atoms with van der Waals surface area (Å²) in [6.45, 7) is 2.41. The van der Waals surface area contributed by atoms with Crippen LogP contribution in [0.2, 0.25) is 0 Å². The molecule has 12 rings (SSSR count). The highest BCUT2D eigenvalue weighted by molar-refractivity contribution is 6.11. The van der Waals surface area contributed by atoms with E-state index in [0.29, 0.717) is 0 Å². The normalized spacial score (nSPS) is 12.7. The van der Waals surface area contributed by atoms with E-state index in [1.165, 1.54) is 82.8 Å². The van der Waals surface area contributed by atoms with Gasteiger partial charge >= 0.3 is 0 Å². The minimum atomic E-state index is -0.340. The molecule has 0 radical (unpaired) electrons. The zero-order valence-electron chi connectivity index (χ0n) is 35.0. The second-order valence-electron chi connectivity index (χ2n) is 17.1. The van der Waals surface area contributed by atoms with Crippen molar-refractivity contribution in [2.75, 3.05) is 0 Å². The Morgan fingerprint density at radius 2 is 0.921 bits per heavy atom. The summed E-state index contributed by atoms with van der Waals surface area (Å²) < 4.78 is 8.93. The first-order chi connectivity index (χ1) is 31.1. The highest BCUT2D eigenvalue weighted by atomic mass is 16.3. The van der Waals surface area contributed by atoms with Crippen LogP contribution >= 0.6 is 0 Å². The third kappa shape index (κ3) is 6.34. The summed E-state index contributed by atoms with van der Waals surface area (Å²) in [5, 5.41) is 7.29. The van der Waals surface area contributed by atoms with Gasteiger partial charge in [0.1, 0.15) is 11.2 Å². The third-order valence-corrected chi connectivity index (χ3v) is 13.3. The average molecular weight is 806 g/mol. The summed E-state index contributed by atoms with van der Waals surface area (Å²) >= 11 is 0. The standard InChI is InChI=1S/C61H43NO/c1-61(56-24-13-17-44-16-8-9-22-51(44)56,40-41-26-28-43(29-27-41)42-14-4-2-5-15-42)49-32-35-60-55(39-49)54-38-48(31-34-59(54)63-60)46-19-12-18-45(36-46)47-30-33-58-53(37-47)52-23-10-11-25-57(52)62(58)50-20-6-3-7-21-50/h2-39H,40H2,1H3. The summed E-state index contributed by atoms with van der Waals surface area (Å²) in [6.07, 6.45) is 0.841. The number of nitrogens with zero attached hydrogens (tertiary/aromatic N) is 1. The zero-order valence-corrected chi connectivity index (χ0v) is 35.0. The molecule has 63 heavy (non-hydrogen) atoms. The maximum Gasteiger partial charge on any atom is 0.135 e. The molecular weight excluding hydrogens is 763 g/mol. The number of furan rings is 1. The van der Waals surface area contributed by atoms with E-state index < -0.39 is 0 Å². The Balaban J connectivity index is 0.945. The summed E-state index contributed by atoms with van der Waals surface area (Å²) in [4.78, 5) is 0. The van der Waals surface area contributed by atoms with Crippen molar-refractivity contribution in [3.63, 3.8) is 0 Å². The van der Waals surface area contributed by atoms with Crippen LogP contribution in [0.25, 0.3) is 93.6 Å². The van der Waals surface area contributed by atoms with Gasteiger partial charge in [-0.25, -0.2) is 0 Å². The largest absolute Gasteiger partial charge is 0.456 e. The van der Waals surface area contributed by atoms with Crippen molar-refractivity contribution >= 4 is 54.5 Å². The van der Waals surface area contributed by atoms with E-state index in [9.17, 15) is 0 Å². The van der Waals surface area contributed by atoms with Crippen LogP contribution in [0.1, 0.15) is 23.6 Å². The quantitative estimate of drug-likeness (QED) is 0.150. The molecule has 10 aromatic carbocycles. The smallest absolute Gasteiger partial charge is 0.135 e. The van der Waals surface area contributed by atoms with Crippen LogP contribution in [0.15, 0.2) is 235 Å². The Hall–Kier alpha value is -7.94. The lowest BCUT2D eigenvalue weighted by Gasteiger charge is -2.33. The highest BCUT2D eigenvalue weighted by Crippen LogP contribution is 2.43. The molecule has 0 fully saturated rings. The number of para-hydroxylation sites is 2. The number of aromatic nitrogens is 1. The van der Waals surface area contributed by atoms with Crippen LogP contribution in [0.4, 0.5) is 0 Å². The molecule has 2 nitrogen and oxygen atoms in total. The second kappa shape index (κ2) is 14.9. The van der Waals surface area contributed by atoms with Crippen molar-refractivity contribution in [2.45, 2.75) is 18.8 Å². The number of benzene rings is 10. The SMILES string of the molecule is CC(Cc1ccc(-c2ccccc2)cc1)(c1ccc2oc3ccc(-c4cccc(-c5ccc6c(c5)c5ccccc5n6-c5ccccc5)c4)cc3c2c1)c1cccc2ccccc12. The van der Waals surface area contributed by atoms with Gasteiger partial charge in [-0.05, 0) is 128 Å². The van der Waals surface area contributed by atoms with Gasteiger partial charge in [0, 0.05) is 32.6 Å². The average Bonchev–Trinajstić information content (AvgIpc) is 3.89. The summed E-state index contributed by atoms with van der Waals surface area (Å²) in [7, 11) is 0. The summed E-state index contributed by atoms with van der Waals surface area (Å²) in [5.41, 5.74) is 16.1. The molecule has 1 atom stereocenters. The number of hydrogen-bond acceptors (Lipinski definition) is 1. The topological polar surface area (TPSA) is 18.1 Å². The van der Waals surface area contributed by atoms with E-state index in [0.717, 1.165) is 33.9 Å². The minimum Gasteiger partial charge on any atom is -0.456 e. The van der Waals surface area contributed by atoms with Crippen molar-refractivity contribution in [1.82, 2.24) is 4.57 Å². The van der Waals surface area contributed by atoms with Gasteiger partial charge in [-0.3, -0.25) is 0 Å². The van der Waals surface area contributed by atoms with Crippen molar-refractivity contribution in [2.24, 2.45) is 0 Å². The number of fused-ring (bicyclic) bond motifs is 7. The van der Waals surface area contributed by atoms with E-state index >= 15 is 0 Å². The Kier molecular flexibility index (Phi) is 8.72. The van der Waals surface area contributed by atoms with Gasteiger partial charge in [0.2, 0.25) is 0 Å². The van der Waals surface area contributed by atoms with Gasteiger partial charge in [0.05, 0.1) is 11.0 Å². The Bertz CT molecular complexity index is 3650. The molecule has 1 unspecified atom stereocenters. The molecule has 0 N–H and O–H groups in total. The Morgan fingerprint density at radius 1 is 0.381 bits per heavy atom. The lowest BCUT2D eigenvalue weighted by molar-refractivity contribution is 0.572. The summed E-state index contributed by atoms with van der Waals surface area (Å²) in [6, 6.07) is 84.0. The van der Waals surface area contributed by atoms with E-state index in [4.69, 9.17) is 4.42 Å². The molecule has 2 heterocycles. The predicted molar refractivity (Wildman–Crippen MR) is 265 cm³/mol. The van der Waals surface area contributed by atoms with Crippen LogP contribution in [-0.2, 0) is 11.8 Å². The fourth-order valence-electron chi connectivity index (χ4n) is 10.1. The van der Waals surface area contributed by atoms with E-state index in [1.54, 1.807) is 0 Å². The minimum absolute atomic E-state index is 0.340. The molecule has 2 aromatic heterocycles. The molecule has 0 saturated heterocycles. The summed E-state index contributed by atoms with van der Waals surface area (Å²) in [5.74, 6) is 0. The van der Waals surface area contributed by atoms with Crippen LogP contribution < -0.4 is 0 Å². The van der Waals surface area contributed by atoms with Crippen LogP contribution in [0, 0.1) is 0 Å². The fourth-order valence-corrected chi connectivity index (χ4v) is 10.1. The van der Waals surface area contributed by atoms with Crippen LogP contribution in [0.3, 0.4) is 0 Å². The first kappa shape index (κ1) is 36.9. The molecule has 12 aromatic rings. The van der Waals surface area contributed by atoms with Crippen LogP contribution in [0.5, 0.6) is 0 Å². The van der Waals surface area contributed by atoms with E-state index in [-0.39, 0.29) is 5.41 Å². The molecule has 0 amide bonds. The zero-order chi connectivity index (χ0) is 41.9. The monoisotopic (exact) mass is 805 g/mol. The molecular formula is C61H43NO. The van der Waals surface area contributed by atoms with Gasteiger partial charge in [-0.15, -0.1) is 0 Å². The van der Waals surface area contributed by atoms with E-state index in [1.807, 2.05) is 0 Å². The van der Waals surface area contributed by atoms with Gasteiger partial charge in [-0.1, -0.05) is 177 Å². The molecule has 0 aliphatic carbocycles. The molecule has 298 valence electrons. The van der Waals surface area contributed by atoms with Crippen molar-refractivity contribution < 1.29 is 4.42 Å². The Labute approximate surface area is 366 Å². The van der Waals surface area contributed by atoms with Crippen molar-refractivity contribution in [3.8, 4) is 39.1 Å². The number of rotatable bonds is 8. The second-order valence-corrected chi connectivity index (χ2v) is 17.1. The predicted octanol–water partition coefficient (Wildman–Crippen LogP) is 16.4. The van der Waals surface area contributed by atoms with Gasteiger partial charge in [0.15, 0.2) is 0 Å². The third-order valence-electron chi connectivity index (χ3n) is 13.3. The Morgan fingerprint density at radius 3 is 1.71 bits per heavy atom. The highest BCUT2D eigenvalue weighted by Gasteiger charge is 2.32. The maximum absolute atomic E-state index is 6.56. The van der Waals surface area contributed by atoms with Gasteiger partial charge < -0.3 is 8.98 Å². The molecule has 0 aliphatic rings. The first-order valence-corrected chi connectivity index (χ1v) is 21.9. The van der Waals surface area contributed by atoms with Gasteiger partial charge in [0.25, 0.3) is 0 Å². The van der Waals surface area contributed by atoms with Crippen molar-refractivity contribution in [1.29, 1.82) is 0 Å². The first-order valence-electron chi connectivity index (χ1n) is 21.9. The fraction of sp³-hybridized carbons (Fsp3) is 0.0492. The molecule has 0 aliphatic heterocycles. The molecule has 0 spiro atoms. The van der Waals surface area contributed by atoms with Crippen LogP contribution in [-0.4, -0.2) is 4.57 Å². The maximum atomic E-state index is 6.56. The van der Waals surface area contributed by atoms with Crippen molar-refractivity contribution in [3.05, 3.63) is 247 Å². The molecule has 0 saturated carbocycles. The van der Waals surface area contributed by atoms with E-state index in [2.05, 4.69) is 242 Å². The lowest BCUT2D eigenvalue weighted by Crippen LogP contribution is -2.27.